The van der Waals surface area contributed by atoms with Crippen LogP contribution < -0.4 is 15.8 Å². The zero-order valence-corrected chi connectivity index (χ0v) is 17.7. The first-order chi connectivity index (χ1) is 15.3. The summed E-state index contributed by atoms with van der Waals surface area (Å²) in [5.41, 5.74) is 7.42. The maximum absolute atomic E-state index is 14.8. The van der Waals surface area contributed by atoms with E-state index in [0.29, 0.717) is 48.5 Å². The number of carboxylic acid groups (broad SMARTS) is 1. The molecule has 4 N–H and O–H groups in total. The van der Waals surface area contributed by atoms with Gasteiger partial charge in [-0.1, -0.05) is 0 Å². The van der Waals surface area contributed by atoms with Gasteiger partial charge in [-0.2, -0.15) is 0 Å². The number of hydrogen-bond donors (Lipinski definition) is 3. The van der Waals surface area contributed by atoms with E-state index in [1.807, 2.05) is 0 Å². The maximum atomic E-state index is 14.8. The maximum Gasteiger partial charge on any atom is 0.405 e. The number of pyridine rings is 2. The molecule has 0 spiro atoms. The van der Waals surface area contributed by atoms with Crippen LogP contribution in [0.15, 0.2) is 18.3 Å². The van der Waals surface area contributed by atoms with E-state index in [9.17, 15) is 9.18 Å². The smallest absolute Gasteiger partial charge is 0.405 e. The molecule has 3 saturated heterocycles. The first kappa shape index (κ1) is 21.3. The molecule has 1 amide bonds. The number of nitrogens with two attached hydrogens (primary N) is 1. The Labute approximate surface area is 184 Å². The average Bonchev–Trinajstić information content (AvgIpc) is 2.77. The molecule has 172 valence electrons. The predicted octanol–water partition coefficient (Wildman–Crippen LogP) is 2.16. The largest absolute Gasteiger partial charge is 0.475 e. The fraction of sp³-hybridized carbons (Fsp3) is 0.591. The fourth-order valence-corrected chi connectivity index (χ4v) is 4.81. The Balaban J connectivity index is 1.29. The summed E-state index contributed by atoms with van der Waals surface area (Å²) in [6, 6.07) is 3.09. The molecule has 0 unspecified atom stereocenters. The van der Waals surface area contributed by atoms with Crippen LogP contribution in [0.25, 0.3) is 11.0 Å². The summed E-state index contributed by atoms with van der Waals surface area (Å²) < 4.78 is 32.0. The number of nitrogens with zero attached hydrogens (tertiary/aromatic N) is 2. The highest BCUT2D eigenvalue weighted by Crippen LogP contribution is 2.45. The molecule has 1 saturated carbocycles. The molecular weight excluding hydrogens is 419 g/mol. The summed E-state index contributed by atoms with van der Waals surface area (Å²) in [7, 11) is 0. The van der Waals surface area contributed by atoms with Crippen molar-refractivity contribution in [3.05, 3.63) is 29.7 Å². The molecule has 0 aromatic carbocycles. The SMILES string of the molecule is NC12CCC(CCc3c(F)cnc4ccc(OC[C@H]5OC[C@@H]5NC(=O)O)nc34)(CC1)OC2. The molecule has 10 heteroatoms. The lowest BCUT2D eigenvalue weighted by Crippen LogP contribution is -2.59. The highest BCUT2D eigenvalue weighted by molar-refractivity contribution is 5.78. The normalized spacial score (nSPS) is 31.3. The highest BCUT2D eigenvalue weighted by atomic mass is 19.1. The predicted molar refractivity (Wildman–Crippen MR) is 112 cm³/mol. The van der Waals surface area contributed by atoms with Gasteiger partial charge in [0, 0.05) is 17.2 Å². The summed E-state index contributed by atoms with van der Waals surface area (Å²) in [5.74, 6) is -0.0835. The quantitative estimate of drug-likeness (QED) is 0.590. The van der Waals surface area contributed by atoms with E-state index in [2.05, 4.69) is 15.3 Å². The fourth-order valence-electron chi connectivity index (χ4n) is 4.81. The van der Waals surface area contributed by atoms with Crippen molar-refractivity contribution < 1.29 is 28.5 Å². The minimum atomic E-state index is -1.10. The van der Waals surface area contributed by atoms with Crippen molar-refractivity contribution in [2.75, 3.05) is 19.8 Å². The number of amides is 1. The van der Waals surface area contributed by atoms with Gasteiger partial charge in [-0.15, -0.1) is 0 Å². The molecule has 2 aromatic heterocycles. The average molecular weight is 446 g/mol. The van der Waals surface area contributed by atoms with Gasteiger partial charge in [0.25, 0.3) is 0 Å². The third-order valence-corrected chi connectivity index (χ3v) is 7.04. The topological polar surface area (TPSA) is 129 Å². The van der Waals surface area contributed by atoms with Crippen LogP contribution in [0.1, 0.15) is 37.7 Å². The van der Waals surface area contributed by atoms with Crippen LogP contribution in [0.2, 0.25) is 0 Å². The molecule has 4 fully saturated rings. The molecule has 4 aliphatic rings. The zero-order valence-electron chi connectivity index (χ0n) is 17.7. The minimum Gasteiger partial charge on any atom is -0.475 e. The molecule has 0 radical (unpaired) electrons. The lowest BCUT2D eigenvalue weighted by Gasteiger charge is -2.51. The van der Waals surface area contributed by atoms with Gasteiger partial charge in [0.1, 0.15) is 18.5 Å². The monoisotopic (exact) mass is 446 g/mol. The van der Waals surface area contributed by atoms with Crippen LogP contribution in [0.3, 0.4) is 0 Å². The van der Waals surface area contributed by atoms with Crippen LogP contribution in [0.4, 0.5) is 9.18 Å². The Kier molecular flexibility index (Phi) is 5.39. The molecule has 32 heavy (non-hydrogen) atoms. The van der Waals surface area contributed by atoms with Gasteiger partial charge in [0.15, 0.2) is 0 Å². The summed E-state index contributed by atoms with van der Waals surface area (Å²) >= 11 is 0. The molecule has 5 heterocycles. The number of aryl methyl sites for hydroxylation is 1. The summed E-state index contributed by atoms with van der Waals surface area (Å²) in [5, 5.41) is 11.2. The van der Waals surface area contributed by atoms with E-state index in [-0.39, 0.29) is 23.8 Å². The molecular formula is C22H27FN4O5. The molecule has 3 aliphatic heterocycles. The number of aromatic nitrogens is 2. The number of hydrogen-bond acceptors (Lipinski definition) is 7. The van der Waals surface area contributed by atoms with Crippen molar-refractivity contribution in [2.45, 2.75) is 61.8 Å². The van der Waals surface area contributed by atoms with E-state index >= 15 is 0 Å². The number of halogens is 1. The van der Waals surface area contributed by atoms with E-state index in [4.69, 9.17) is 25.1 Å². The summed E-state index contributed by atoms with van der Waals surface area (Å²) in [6.07, 6.45) is 4.57. The van der Waals surface area contributed by atoms with Gasteiger partial charge in [0.2, 0.25) is 5.88 Å². The number of carbonyl (C=O) groups is 1. The first-order valence-corrected chi connectivity index (χ1v) is 11.0. The van der Waals surface area contributed by atoms with Crippen molar-refractivity contribution in [3.8, 4) is 5.88 Å². The number of fused-ring (bicyclic) bond motifs is 4. The van der Waals surface area contributed by atoms with E-state index in [0.717, 1.165) is 25.7 Å². The van der Waals surface area contributed by atoms with E-state index in [1.165, 1.54) is 6.20 Å². The summed E-state index contributed by atoms with van der Waals surface area (Å²) in [4.78, 5) is 19.5. The Morgan fingerprint density at radius 3 is 2.81 bits per heavy atom. The lowest BCUT2D eigenvalue weighted by atomic mass is 9.70. The van der Waals surface area contributed by atoms with Crippen molar-refractivity contribution in [3.63, 3.8) is 0 Å². The second-order valence-electron chi connectivity index (χ2n) is 9.17. The Morgan fingerprint density at radius 2 is 2.16 bits per heavy atom. The zero-order chi connectivity index (χ0) is 22.3. The van der Waals surface area contributed by atoms with Crippen LogP contribution in [-0.2, 0) is 15.9 Å². The molecule has 2 bridgehead atoms. The van der Waals surface area contributed by atoms with Crippen molar-refractivity contribution in [1.82, 2.24) is 15.3 Å². The van der Waals surface area contributed by atoms with E-state index in [1.54, 1.807) is 12.1 Å². The standard InChI is InChI=1S/C22H27FN4O5/c23-14-9-25-15-1-2-18(31-11-17-16(10-30-17)26-20(28)29)27-19(15)13(14)3-4-22-7-5-21(24,6-8-22)12-32-22/h1-2,9,16-17,26H,3-8,10-12,24H2,(H,28,29)/t16-,17+,21?,22?/m0/s1. The molecule has 6 rings (SSSR count). The van der Waals surface area contributed by atoms with Gasteiger partial charge >= 0.3 is 6.09 Å². The molecule has 2 aromatic rings. The Morgan fingerprint density at radius 1 is 1.34 bits per heavy atom. The summed E-state index contributed by atoms with van der Waals surface area (Å²) in [6.45, 7) is 1.00. The number of ether oxygens (including phenoxy) is 3. The Bertz CT molecular complexity index is 1010. The second kappa shape index (κ2) is 8.09. The molecule has 1 aliphatic carbocycles. The highest BCUT2D eigenvalue weighted by Gasteiger charge is 2.47. The number of rotatable bonds is 7. The van der Waals surface area contributed by atoms with Crippen LogP contribution >= 0.6 is 0 Å². The van der Waals surface area contributed by atoms with Crippen molar-refractivity contribution >= 4 is 17.1 Å². The lowest BCUT2D eigenvalue weighted by molar-refractivity contribution is -0.156. The van der Waals surface area contributed by atoms with Crippen molar-refractivity contribution in [2.24, 2.45) is 5.73 Å². The first-order valence-electron chi connectivity index (χ1n) is 11.0. The molecule has 9 nitrogen and oxygen atoms in total. The third kappa shape index (κ3) is 4.10. The third-order valence-electron chi connectivity index (χ3n) is 7.04. The van der Waals surface area contributed by atoms with Gasteiger partial charge < -0.3 is 30.4 Å². The van der Waals surface area contributed by atoms with Gasteiger partial charge in [-0.3, -0.25) is 4.98 Å². The van der Waals surface area contributed by atoms with Gasteiger partial charge in [0.05, 0.1) is 42.1 Å². The second-order valence-corrected chi connectivity index (χ2v) is 9.17. The van der Waals surface area contributed by atoms with Gasteiger partial charge in [-0.05, 0) is 44.6 Å². The van der Waals surface area contributed by atoms with E-state index < -0.39 is 18.0 Å². The minimum absolute atomic E-state index is 0.138. The van der Waals surface area contributed by atoms with Crippen LogP contribution in [-0.4, -0.2) is 64.3 Å². The van der Waals surface area contributed by atoms with Crippen LogP contribution in [0, 0.1) is 5.82 Å². The Hall–Kier alpha value is -2.56. The molecule has 2 atom stereocenters. The van der Waals surface area contributed by atoms with Crippen LogP contribution in [0.5, 0.6) is 5.88 Å². The van der Waals surface area contributed by atoms with Gasteiger partial charge in [-0.25, -0.2) is 14.2 Å². The van der Waals surface area contributed by atoms with Crippen molar-refractivity contribution in [1.29, 1.82) is 0 Å². The number of nitrogens with one attached hydrogen (secondary N) is 1.